The Morgan fingerprint density at radius 1 is 1.31 bits per heavy atom. The summed E-state index contributed by atoms with van der Waals surface area (Å²) in [7, 11) is 0. The highest BCUT2D eigenvalue weighted by atomic mass is 35.5. The third-order valence-electron chi connectivity index (χ3n) is 5.40. The number of likely N-dealkylation sites (tertiary alicyclic amines) is 1. The third-order valence-corrected chi connectivity index (χ3v) is 5.71. The van der Waals surface area contributed by atoms with Crippen molar-refractivity contribution >= 4 is 23.2 Å². The first kappa shape index (κ1) is 17.6. The number of hydrogen-bond donors (Lipinski definition) is 1. The Morgan fingerprint density at radius 2 is 1.96 bits per heavy atom. The molecule has 2 aromatic heterocycles. The Kier molecular flexibility index (Phi) is 3.97. The lowest BCUT2D eigenvalue weighted by Crippen LogP contribution is -2.37. The van der Waals surface area contributed by atoms with E-state index in [-0.39, 0.29) is 17.9 Å². The van der Waals surface area contributed by atoms with E-state index in [1.807, 2.05) is 37.3 Å². The van der Waals surface area contributed by atoms with Crippen molar-refractivity contribution in [3.05, 3.63) is 35.4 Å². The van der Waals surface area contributed by atoms with Crippen molar-refractivity contribution < 1.29 is 14.6 Å². The predicted molar refractivity (Wildman–Crippen MR) is 98.1 cm³/mol. The number of amides is 1. The van der Waals surface area contributed by atoms with Gasteiger partial charge in [0.25, 0.3) is 0 Å². The Morgan fingerprint density at radius 3 is 2.58 bits per heavy atom. The number of carbonyl (C=O) groups is 1. The van der Waals surface area contributed by atoms with Crippen LogP contribution in [0.3, 0.4) is 0 Å². The first-order chi connectivity index (χ1) is 12.2. The zero-order chi connectivity index (χ0) is 18.7. The Hall–Kier alpha value is -1.79. The molecule has 2 aromatic rings. The summed E-state index contributed by atoms with van der Waals surface area (Å²) in [5.74, 6) is 0.477. The van der Waals surface area contributed by atoms with E-state index in [1.54, 1.807) is 17.4 Å². The van der Waals surface area contributed by atoms with Crippen molar-refractivity contribution in [2.45, 2.75) is 44.8 Å². The highest BCUT2D eigenvalue weighted by Crippen LogP contribution is 2.50. The number of fused-ring (bicyclic) bond motifs is 2. The normalized spacial score (nSPS) is 28.6. The number of nitrogens with zero attached hydrogens (tertiary/aromatic N) is 3. The van der Waals surface area contributed by atoms with Gasteiger partial charge in [0.1, 0.15) is 11.2 Å². The largest absolute Gasteiger partial charge is 0.444 e. The molecule has 1 aliphatic heterocycles. The van der Waals surface area contributed by atoms with Gasteiger partial charge >= 0.3 is 6.09 Å². The summed E-state index contributed by atoms with van der Waals surface area (Å²) in [4.78, 5) is 18.3. The Balaban J connectivity index is 1.55. The fourth-order valence-corrected chi connectivity index (χ4v) is 4.77. The summed E-state index contributed by atoms with van der Waals surface area (Å²) < 4.78 is 7.35. The average Bonchev–Trinajstić information content (AvgIpc) is 3.17. The standard InChI is InChI=1S/C19H24ClN3O3/c1-18(2,3)26-17(24)22-9-12-6-19(25,7-13(12)10-22)16-15(20)5-4-14-8-21-11-23(14)16/h4-5,8,11-13,25H,6-7,9-10H2,1-3H3. The second-order valence-corrected chi connectivity index (χ2v) is 8.97. The van der Waals surface area contributed by atoms with Crippen LogP contribution in [0.5, 0.6) is 0 Å². The van der Waals surface area contributed by atoms with Crippen LogP contribution in [0.2, 0.25) is 5.02 Å². The van der Waals surface area contributed by atoms with Crippen molar-refractivity contribution in [1.29, 1.82) is 0 Å². The Labute approximate surface area is 157 Å². The number of hydrogen-bond acceptors (Lipinski definition) is 4. The quantitative estimate of drug-likeness (QED) is 0.826. The molecule has 6 nitrogen and oxygen atoms in total. The number of imidazole rings is 1. The van der Waals surface area contributed by atoms with E-state index in [0.29, 0.717) is 36.6 Å². The van der Waals surface area contributed by atoms with Crippen molar-refractivity contribution in [3.8, 4) is 0 Å². The average molecular weight is 378 g/mol. The molecule has 1 N–H and O–H groups in total. The molecule has 2 atom stereocenters. The van der Waals surface area contributed by atoms with Crippen LogP contribution in [0, 0.1) is 11.8 Å². The molecule has 140 valence electrons. The van der Waals surface area contributed by atoms with E-state index in [1.165, 1.54) is 0 Å². The molecule has 1 saturated heterocycles. The molecule has 1 amide bonds. The molecule has 0 spiro atoms. The molecule has 0 radical (unpaired) electrons. The minimum absolute atomic E-state index is 0.238. The van der Waals surface area contributed by atoms with Crippen LogP contribution in [0.15, 0.2) is 24.7 Å². The van der Waals surface area contributed by atoms with Crippen LogP contribution in [0.25, 0.3) is 5.52 Å². The third kappa shape index (κ3) is 2.95. The molecule has 0 aromatic carbocycles. The number of rotatable bonds is 1. The monoisotopic (exact) mass is 377 g/mol. The van der Waals surface area contributed by atoms with Crippen LogP contribution < -0.4 is 0 Å². The van der Waals surface area contributed by atoms with Crippen molar-refractivity contribution in [1.82, 2.24) is 14.3 Å². The van der Waals surface area contributed by atoms with Gasteiger partial charge in [0, 0.05) is 13.1 Å². The van der Waals surface area contributed by atoms with Gasteiger partial charge in [0.05, 0.1) is 28.8 Å². The number of aliphatic hydroxyl groups is 1. The van der Waals surface area contributed by atoms with Gasteiger partial charge in [-0.05, 0) is 57.6 Å². The molecule has 1 saturated carbocycles. The minimum atomic E-state index is -1.01. The predicted octanol–water partition coefficient (Wildman–Crippen LogP) is 3.45. The summed E-state index contributed by atoms with van der Waals surface area (Å²) in [6, 6.07) is 3.70. The summed E-state index contributed by atoms with van der Waals surface area (Å²) >= 11 is 6.45. The van der Waals surface area contributed by atoms with Gasteiger partial charge in [-0.25, -0.2) is 9.78 Å². The molecule has 0 bridgehead atoms. The Bertz CT molecular complexity index is 843. The lowest BCUT2D eigenvalue weighted by molar-refractivity contribution is 0.0132. The minimum Gasteiger partial charge on any atom is -0.444 e. The maximum atomic E-state index is 12.3. The van der Waals surface area contributed by atoms with Crippen molar-refractivity contribution in [2.75, 3.05) is 13.1 Å². The molecule has 3 heterocycles. The van der Waals surface area contributed by atoms with Gasteiger partial charge in [0.2, 0.25) is 0 Å². The van der Waals surface area contributed by atoms with E-state index in [9.17, 15) is 9.90 Å². The lowest BCUT2D eigenvalue weighted by Gasteiger charge is -2.29. The lowest BCUT2D eigenvalue weighted by atomic mass is 9.94. The van der Waals surface area contributed by atoms with Crippen LogP contribution in [-0.2, 0) is 10.3 Å². The van der Waals surface area contributed by atoms with Gasteiger partial charge in [-0.1, -0.05) is 11.6 Å². The van der Waals surface area contributed by atoms with E-state index in [0.717, 1.165) is 5.52 Å². The van der Waals surface area contributed by atoms with Gasteiger partial charge < -0.3 is 14.7 Å². The topological polar surface area (TPSA) is 67.1 Å². The SMILES string of the molecule is CC(C)(C)OC(=O)N1CC2CC(O)(c3c(Cl)ccc4cncn34)CC2C1. The number of carbonyl (C=O) groups excluding carboxylic acids is 1. The molecular weight excluding hydrogens is 354 g/mol. The van der Waals surface area contributed by atoms with Crippen molar-refractivity contribution in [2.24, 2.45) is 11.8 Å². The highest BCUT2D eigenvalue weighted by Gasteiger charge is 2.52. The van der Waals surface area contributed by atoms with Gasteiger partial charge in [-0.2, -0.15) is 0 Å². The zero-order valence-electron chi connectivity index (χ0n) is 15.3. The number of aromatic nitrogens is 2. The maximum Gasteiger partial charge on any atom is 0.410 e. The van der Waals surface area contributed by atoms with E-state index in [2.05, 4.69) is 4.98 Å². The van der Waals surface area contributed by atoms with Crippen LogP contribution in [0.4, 0.5) is 4.79 Å². The summed E-state index contributed by atoms with van der Waals surface area (Å²) in [5, 5.41) is 12.0. The molecular formula is C19H24ClN3O3. The summed E-state index contributed by atoms with van der Waals surface area (Å²) in [5.41, 5.74) is 0.102. The van der Waals surface area contributed by atoms with E-state index < -0.39 is 11.2 Å². The maximum absolute atomic E-state index is 12.3. The van der Waals surface area contributed by atoms with Crippen LogP contribution in [-0.4, -0.2) is 44.2 Å². The van der Waals surface area contributed by atoms with E-state index in [4.69, 9.17) is 16.3 Å². The van der Waals surface area contributed by atoms with Gasteiger partial charge in [-0.15, -0.1) is 0 Å². The smallest absolute Gasteiger partial charge is 0.410 e. The van der Waals surface area contributed by atoms with Crippen LogP contribution >= 0.6 is 11.6 Å². The number of ether oxygens (including phenoxy) is 1. The molecule has 26 heavy (non-hydrogen) atoms. The van der Waals surface area contributed by atoms with Crippen LogP contribution in [0.1, 0.15) is 39.3 Å². The molecule has 2 aliphatic rings. The number of halogens is 1. The summed E-state index contributed by atoms with van der Waals surface area (Å²) in [6.45, 7) is 6.83. The fraction of sp³-hybridized carbons (Fsp3) is 0.579. The highest BCUT2D eigenvalue weighted by molar-refractivity contribution is 6.31. The second kappa shape index (κ2) is 5.86. The molecule has 7 heteroatoms. The molecule has 2 unspecified atom stereocenters. The second-order valence-electron chi connectivity index (χ2n) is 8.56. The fourth-order valence-electron chi connectivity index (χ4n) is 4.44. The van der Waals surface area contributed by atoms with E-state index >= 15 is 0 Å². The molecule has 1 aliphatic carbocycles. The summed E-state index contributed by atoms with van der Waals surface area (Å²) in [6.07, 6.45) is 4.33. The number of pyridine rings is 1. The first-order valence-electron chi connectivity index (χ1n) is 8.98. The molecule has 4 rings (SSSR count). The molecule has 2 fully saturated rings. The first-order valence-corrected chi connectivity index (χ1v) is 9.35. The van der Waals surface area contributed by atoms with Gasteiger partial charge in [-0.3, -0.25) is 4.40 Å². The van der Waals surface area contributed by atoms with Crippen molar-refractivity contribution in [3.63, 3.8) is 0 Å². The van der Waals surface area contributed by atoms with Gasteiger partial charge in [0.15, 0.2) is 0 Å². The zero-order valence-corrected chi connectivity index (χ0v) is 16.0.